The van der Waals surface area contributed by atoms with Gasteiger partial charge in [-0.1, -0.05) is 0 Å². The predicted octanol–water partition coefficient (Wildman–Crippen LogP) is 0.772. The summed E-state index contributed by atoms with van der Waals surface area (Å²) in [6.45, 7) is 7.07. The van der Waals surface area contributed by atoms with Crippen molar-refractivity contribution in [2.24, 2.45) is 0 Å². The molecule has 25 heavy (non-hydrogen) atoms. The van der Waals surface area contributed by atoms with E-state index in [0.29, 0.717) is 25.8 Å². The number of hydrogen-bond acceptors (Lipinski definition) is 4. The number of H-pyrrole nitrogens is 1. The van der Waals surface area contributed by atoms with E-state index in [1.165, 1.54) is 0 Å². The van der Waals surface area contributed by atoms with E-state index in [9.17, 15) is 9.59 Å². The van der Waals surface area contributed by atoms with Gasteiger partial charge in [0.25, 0.3) is 0 Å². The standard InChI is InChI=1S/C18H29N5O2/c1-13-14(2)20-21-15(13)4-5-17(25)23-11-10-22(3)18(12-23)7-6-16(24)19-9-8-18/h4-12H2,1-3H3,(H,19,24)(H,20,21). The quantitative estimate of drug-likeness (QED) is 0.846. The Balaban J connectivity index is 1.63. The van der Waals surface area contributed by atoms with E-state index < -0.39 is 0 Å². The fourth-order valence-electron chi connectivity index (χ4n) is 3.97. The molecule has 2 N–H and O–H groups in total. The Hall–Kier alpha value is -1.89. The molecule has 1 aromatic heterocycles. The second-order valence-electron chi connectivity index (χ2n) is 7.48. The molecule has 0 aromatic carbocycles. The topological polar surface area (TPSA) is 81.3 Å². The summed E-state index contributed by atoms with van der Waals surface area (Å²) in [6, 6.07) is 0. The van der Waals surface area contributed by atoms with Crippen LogP contribution in [0.1, 0.15) is 42.6 Å². The van der Waals surface area contributed by atoms with E-state index in [0.717, 1.165) is 49.4 Å². The van der Waals surface area contributed by atoms with Crippen molar-refractivity contribution in [3.63, 3.8) is 0 Å². The highest BCUT2D eigenvalue weighted by atomic mass is 16.2. The maximum atomic E-state index is 12.8. The van der Waals surface area contributed by atoms with Crippen LogP contribution in [0.2, 0.25) is 0 Å². The van der Waals surface area contributed by atoms with E-state index in [1.807, 2.05) is 18.7 Å². The summed E-state index contributed by atoms with van der Waals surface area (Å²) < 4.78 is 0. The zero-order chi connectivity index (χ0) is 18.0. The van der Waals surface area contributed by atoms with Gasteiger partial charge in [0.05, 0.1) is 5.69 Å². The van der Waals surface area contributed by atoms with Crippen LogP contribution in [0.3, 0.4) is 0 Å². The molecule has 1 unspecified atom stereocenters. The highest BCUT2D eigenvalue weighted by Crippen LogP contribution is 2.30. The molecule has 2 saturated heterocycles. The summed E-state index contributed by atoms with van der Waals surface area (Å²) in [4.78, 5) is 28.8. The Morgan fingerprint density at radius 3 is 2.80 bits per heavy atom. The minimum absolute atomic E-state index is 0.0775. The van der Waals surface area contributed by atoms with Crippen LogP contribution in [-0.4, -0.2) is 70.6 Å². The third-order valence-corrected chi connectivity index (χ3v) is 6.01. The third-order valence-electron chi connectivity index (χ3n) is 6.01. The van der Waals surface area contributed by atoms with Gasteiger partial charge in [0.1, 0.15) is 0 Å². The SMILES string of the molecule is Cc1[nH]nc(CCC(=O)N2CCN(C)C3(CCNC(=O)CC3)C2)c1C. The molecular weight excluding hydrogens is 318 g/mol. The van der Waals surface area contributed by atoms with Gasteiger partial charge in [-0.15, -0.1) is 0 Å². The fraction of sp³-hybridized carbons (Fsp3) is 0.722. The average molecular weight is 347 g/mol. The molecule has 7 heteroatoms. The van der Waals surface area contributed by atoms with E-state index in [4.69, 9.17) is 0 Å². The van der Waals surface area contributed by atoms with Gasteiger partial charge in [-0.2, -0.15) is 5.10 Å². The zero-order valence-electron chi connectivity index (χ0n) is 15.5. The van der Waals surface area contributed by atoms with Crippen molar-refractivity contribution >= 4 is 11.8 Å². The van der Waals surface area contributed by atoms with Gasteiger partial charge in [-0.3, -0.25) is 19.6 Å². The molecule has 0 radical (unpaired) electrons. The number of carbonyl (C=O) groups is 2. The van der Waals surface area contributed by atoms with Crippen LogP contribution < -0.4 is 5.32 Å². The normalized spacial score (nSPS) is 25.1. The number of amides is 2. The third kappa shape index (κ3) is 3.71. The van der Waals surface area contributed by atoms with E-state index in [-0.39, 0.29) is 17.4 Å². The number of carbonyl (C=O) groups excluding carboxylic acids is 2. The highest BCUT2D eigenvalue weighted by molar-refractivity contribution is 5.77. The fourth-order valence-corrected chi connectivity index (χ4v) is 3.97. The zero-order valence-corrected chi connectivity index (χ0v) is 15.5. The van der Waals surface area contributed by atoms with Gasteiger partial charge in [-0.05, 0) is 39.3 Å². The molecular formula is C18H29N5O2. The summed E-state index contributed by atoms with van der Waals surface area (Å²) in [6.07, 6.45) is 3.42. The number of piperazine rings is 1. The number of nitrogens with zero attached hydrogens (tertiary/aromatic N) is 3. The van der Waals surface area contributed by atoms with Crippen molar-refractivity contribution in [3.8, 4) is 0 Å². The van der Waals surface area contributed by atoms with Crippen molar-refractivity contribution < 1.29 is 9.59 Å². The lowest BCUT2D eigenvalue weighted by Crippen LogP contribution is -2.62. The molecule has 138 valence electrons. The van der Waals surface area contributed by atoms with Gasteiger partial charge >= 0.3 is 0 Å². The maximum Gasteiger partial charge on any atom is 0.223 e. The lowest BCUT2D eigenvalue weighted by molar-refractivity contribution is -0.136. The van der Waals surface area contributed by atoms with Gasteiger partial charge in [0, 0.05) is 56.7 Å². The Labute approximate surface area is 149 Å². The lowest BCUT2D eigenvalue weighted by Gasteiger charge is -2.49. The van der Waals surface area contributed by atoms with Crippen molar-refractivity contribution in [2.45, 2.75) is 51.5 Å². The monoisotopic (exact) mass is 347 g/mol. The first-order valence-electron chi connectivity index (χ1n) is 9.17. The smallest absolute Gasteiger partial charge is 0.223 e. The summed E-state index contributed by atoms with van der Waals surface area (Å²) in [7, 11) is 2.12. The van der Waals surface area contributed by atoms with Crippen molar-refractivity contribution in [1.82, 2.24) is 25.3 Å². The van der Waals surface area contributed by atoms with Crippen molar-refractivity contribution in [2.75, 3.05) is 33.2 Å². The van der Waals surface area contributed by atoms with E-state index >= 15 is 0 Å². The van der Waals surface area contributed by atoms with Crippen molar-refractivity contribution in [1.29, 1.82) is 0 Å². The van der Waals surface area contributed by atoms with Crippen LogP contribution in [-0.2, 0) is 16.0 Å². The highest BCUT2D eigenvalue weighted by Gasteiger charge is 2.41. The maximum absolute atomic E-state index is 12.8. The first-order valence-corrected chi connectivity index (χ1v) is 9.17. The molecule has 0 bridgehead atoms. The van der Waals surface area contributed by atoms with Gasteiger partial charge < -0.3 is 10.2 Å². The molecule has 3 heterocycles. The van der Waals surface area contributed by atoms with Crippen LogP contribution in [0, 0.1) is 13.8 Å². The largest absolute Gasteiger partial charge is 0.356 e. The van der Waals surface area contributed by atoms with Gasteiger partial charge in [0.2, 0.25) is 11.8 Å². The number of likely N-dealkylation sites (N-methyl/N-ethyl adjacent to an activating group) is 1. The molecule has 2 fully saturated rings. The lowest BCUT2D eigenvalue weighted by atomic mass is 9.86. The molecule has 3 rings (SSSR count). The number of hydrogen-bond donors (Lipinski definition) is 2. The number of aryl methyl sites for hydroxylation is 2. The minimum Gasteiger partial charge on any atom is -0.356 e. The molecule has 2 amide bonds. The molecule has 2 aliphatic heterocycles. The van der Waals surface area contributed by atoms with E-state index in [1.54, 1.807) is 0 Å². The Bertz CT molecular complexity index is 656. The average Bonchev–Trinajstić information content (AvgIpc) is 2.79. The summed E-state index contributed by atoms with van der Waals surface area (Å²) >= 11 is 0. The van der Waals surface area contributed by atoms with Crippen LogP contribution in [0.25, 0.3) is 0 Å². The van der Waals surface area contributed by atoms with Crippen LogP contribution in [0.5, 0.6) is 0 Å². The molecule has 7 nitrogen and oxygen atoms in total. The van der Waals surface area contributed by atoms with Crippen LogP contribution in [0.15, 0.2) is 0 Å². The molecule has 1 spiro atoms. The first-order chi connectivity index (χ1) is 11.9. The molecule has 0 aliphatic carbocycles. The Kier molecular flexibility index (Phi) is 5.13. The van der Waals surface area contributed by atoms with E-state index in [2.05, 4.69) is 27.5 Å². The van der Waals surface area contributed by atoms with Gasteiger partial charge in [-0.25, -0.2) is 0 Å². The summed E-state index contributed by atoms with van der Waals surface area (Å²) in [5, 5.41) is 10.2. The summed E-state index contributed by atoms with van der Waals surface area (Å²) in [5.41, 5.74) is 3.12. The predicted molar refractivity (Wildman–Crippen MR) is 95.2 cm³/mol. The summed E-state index contributed by atoms with van der Waals surface area (Å²) in [5.74, 6) is 0.314. The Morgan fingerprint density at radius 1 is 1.28 bits per heavy atom. The second-order valence-corrected chi connectivity index (χ2v) is 7.48. The number of aromatic amines is 1. The molecule has 0 saturated carbocycles. The number of aromatic nitrogens is 2. The Morgan fingerprint density at radius 2 is 2.08 bits per heavy atom. The number of rotatable bonds is 3. The van der Waals surface area contributed by atoms with Crippen LogP contribution >= 0.6 is 0 Å². The second kappa shape index (κ2) is 7.15. The number of nitrogens with one attached hydrogen (secondary N) is 2. The molecule has 2 aliphatic rings. The van der Waals surface area contributed by atoms with Gasteiger partial charge in [0.15, 0.2) is 0 Å². The minimum atomic E-state index is -0.0775. The first kappa shape index (κ1) is 17.9. The molecule has 1 aromatic rings. The van der Waals surface area contributed by atoms with Crippen LogP contribution in [0.4, 0.5) is 0 Å². The molecule has 1 atom stereocenters. The van der Waals surface area contributed by atoms with Crippen molar-refractivity contribution in [3.05, 3.63) is 17.0 Å².